The number of aromatic nitrogens is 1. The fourth-order valence-electron chi connectivity index (χ4n) is 0.583. The third kappa shape index (κ3) is 3.80. The lowest BCUT2D eigenvalue weighted by molar-refractivity contribution is 0.393. The molecule has 6 heteroatoms. The van der Waals surface area contributed by atoms with Crippen LogP contribution in [0.2, 0.25) is 0 Å². The van der Waals surface area contributed by atoms with Crippen molar-refractivity contribution in [2.75, 3.05) is 6.26 Å². The average Bonchev–Trinajstić information content (AvgIpc) is 2.36. The third-order valence-corrected chi connectivity index (χ3v) is 2.27. The van der Waals surface area contributed by atoms with Gasteiger partial charge in [0.05, 0.1) is 11.3 Å². The summed E-state index contributed by atoms with van der Waals surface area (Å²) < 4.78 is 25.4. The van der Waals surface area contributed by atoms with E-state index >= 15 is 0 Å². The molecule has 1 aromatic heterocycles. The number of thiazole rings is 1. The van der Waals surface area contributed by atoms with Crippen LogP contribution in [-0.4, -0.2) is 19.7 Å². The summed E-state index contributed by atoms with van der Waals surface area (Å²) in [6.45, 7) is 1.23. The van der Waals surface area contributed by atoms with Gasteiger partial charge in [-0.05, 0) is 0 Å². The van der Waals surface area contributed by atoms with Gasteiger partial charge in [0.2, 0.25) is 0 Å². The summed E-state index contributed by atoms with van der Waals surface area (Å²) in [5, 5.41) is 2.66. The summed E-state index contributed by atoms with van der Waals surface area (Å²) in [4.78, 5) is 3.95. The molecule has 0 N–H and O–H groups in total. The van der Waals surface area contributed by atoms with Crippen molar-refractivity contribution in [3.8, 4) is 0 Å². The summed E-state index contributed by atoms with van der Waals surface area (Å²) in [5.74, 6) is 0. The highest BCUT2D eigenvalue weighted by Gasteiger charge is 2.02. The number of hydrogen-bond donors (Lipinski definition) is 0. The second-order valence-electron chi connectivity index (χ2n) is 2.10. The molecule has 0 atom stereocenters. The quantitative estimate of drug-likeness (QED) is 0.684. The molecule has 67 valence electrons. The second kappa shape index (κ2) is 3.97. The molecule has 1 heterocycles. The van der Waals surface area contributed by atoms with E-state index in [1.807, 2.05) is 5.38 Å². The van der Waals surface area contributed by atoms with Crippen LogP contribution < -0.4 is 0 Å². The molecule has 12 heavy (non-hydrogen) atoms. The van der Waals surface area contributed by atoms with Crippen LogP contribution >= 0.6 is 11.3 Å². The highest BCUT2D eigenvalue weighted by molar-refractivity contribution is 7.86. The van der Waals surface area contributed by atoms with Crippen LogP contribution in [0.1, 0.15) is 5.01 Å². The number of nitrogens with zero attached hydrogens (tertiary/aromatic N) is 1. The highest BCUT2D eigenvalue weighted by atomic mass is 32.2. The zero-order valence-electron chi connectivity index (χ0n) is 6.43. The zero-order chi connectivity index (χ0) is 9.03. The van der Waals surface area contributed by atoms with Gasteiger partial charge < -0.3 is 0 Å². The SMILES string of the molecule is CS(=O)(=O)O[CH]Cc1nccs1. The lowest BCUT2D eigenvalue weighted by Crippen LogP contribution is -2.01. The van der Waals surface area contributed by atoms with E-state index in [-0.39, 0.29) is 0 Å². The number of hydrogen-bond acceptors (Lipinski definition) is 5. The highest BCUT2D eigenvalue weighted by Crippen LogP contribution is 2.07. The van der Waals surface area contributed by atoms with Crippen LogP contribution in [0.25, 0.3) is 0 Å². The molecule has 1 aromatic rings. The molecule has 0 saturated carbocycles. The molecule has 0 spiro atoms. The maximum Gasteiger partial charge on any atom is 0.264 e. The van der Waals surface area contributed by atoms with Gasteiger partial charge in [0, 0.05) is 18.0 Å². The molecule has 0 saturated heterocycles. The van der Waals surface area contributed by atoms with Crippen LogP contribution in [0, 0.1) is 6.61 Å². The Morgan fingerprint density at radius 3 is 3.00 bits per heavy atom. The molecule has 0 unspecified atom stereocenters. The normalized spacial score (nSPS) is 11.8. The molecule has 0 aliphatic carbocycles. The zero-order valence-corrected chi connectivity index (χ0v) is 8.06. The van der Waals surface area contributed by atoms with Crippen molar-refractivity contribution in [1.29, 1.82) is 0 Å². The van der Waals surface area contributed by atoms with E-state index in [1.165, 1.54) is 17.9 Å². The van der Waals surface area contributed by atoms with Crippen LogP contribution in [0.15, 0.2) is 11.6 Å². The average molecular weight is 206 g/mol. The van der Waals surface area contributed by atoms with E-state index in [1.54, 1.807) is 6.20 Å². The largest absolute Gasteiger partial charge is 0.264 e. The van der Waals surface area contributed by atoms with Gasteiger partial charge in [-0.25, -0.2) is 4.98 Å². The van der Waals surface area contributed by atoms with Crippen molar-refractivity contribution in [2.45, 2.75) is 6.42 Å². The van der Waals surface area contributed by atoms with Crippen molar-refractivity contribution < 1.29 is 12.6 Å². The fourth-order valence-corrected chi connectivity index (χ4v) is 1.46. The molecule has 0 bridgehead atoms. The van der Waals surface area contributed by atoms with E-state index in [2.05, 4.69) is 9.17 Å². The summed E-state index contributed by atoms with van der Waals surface area (Å²) in [6, 6.07) is 0. The Balaban J connectivity index is 2.29. The lowest BCUT2D eigenvalue weighted by Gasteiger charge is -1.96. The first-order valence-electron chi connectivity index (χ1n) is 3.16. The summed E-state index contributed by atoms with van der Waals surface area (Å²) >= 11 is 1.46. The van der Waals surface area contributed by atoms with E-state index in [9.17, 15) is 8.42 Å². The minimum atomic E-state index is -3.36. The molecule has 1 rings (SSSR count). The van der Waals surface area contributed by atoms with E-state index in [4.69, 9.17) is 0 Å². The van der Waals surface area contributed by atoms with Gasteiger partial charge in [0.1, 0.15) is 6.61 Å². The molecule has 4 nitrogen and oxygen atoms in total. The van der Waals surface area contributed by atoms with Gasteiger partial charge in [-0.1, -0.05) is 0 Å². The maximum atomic E-state index is 10.5. The molecule has 0 aromatic carbocycles. The second-order valence-corrected chi connectivity index (χ2v) is 4.68. The van der Waals surface area contributed by atoms with Crippen molar-refractivity contribution in [3.05, 3.63) is 23.2 Å². The van der Waals surface area contributed by atoms with Gasteiger partial charge in [0.25, 0.3) is 10.1 Å². The predicted molar refractivity (Wildman–Crippen MR) is 46.0 cm³/mol. The molecular weight excluding hydrogens is 198 g/mol. The van der Waals surface area contributed by atoms with Gasteiger partial charge in [-0.3, -0.25) is 4.18 Å². The van der Waals surface area contributed by atoms with Crippen molar-refractivity contribution in [2.24, 2.45) is 0 Å². The Morgan fingerprint density at radius 2 is 2.50 bits per heavy atom. The molecule has 0 fully saturated rings. The predicted octanol–water partition coefficient (Wildman–Crippen LogP) is 0.824. The lowest BCUT2D eigenvalue weighted by atomic mass is 10.5. The third-order valence-electron chi connectivity index (χ3n) is 0.984. The minimum absolute atomic E-state index is 0.421. The smallest absolute Gasteiger partial charge is 0.264 e. The van der Waals surface area contributed by atoms with Crippen molar-refractivity contribution >= 4 is 21.5 Å². The standard InChI is InChI=1S/C6H8NO3S2/c1-12(8,9)10-4-2-6-7-3-5-11-6/h3-5H,2H2,1H3. The van der Waals surface area contributed by atoms with Gasteiger partial charge >= 0.3 is 0 Å². The van der Waals surface area contributed by atoms with Gasteiger partial charge in [-0.2, -0.15) is 8.42 Å². The van der Waals surface area contributed by atoms with Crippen LogP contribution in [0.4, 0.5) is 0 Å². The van der Waals surface area contributed by atoms with Crippen molar-refractivity contribution in [3.63, 3.8) is 0 Å². The molecule has 0 amide bonds. The Morgan fingerprint density at radius 1 is 1.75 bits per heavy atom. The Bertz CT molecular complexity index is 317. The molecule has 1 radical (unpaired) electrons. The first kappa shape index (κ1) is 9.63. The van der Waals surface area contributed by atoms with E-state index < -0.39 is 10.1 Å². The monoisotopic (exact) mass is 206 g/mol. The summed E-state index contributed by atoms with van der Waals surface area (Å²) in [6.07, 6.45) is 3.09. The first-order chi connectivity index (χ1) is 5.58. The van der Waals surface area contributed by atoms with Gasteiger partial charge in [0.15, 0.2) is 0 Å². The van der Waals surface area contributed by atoms with Gasteiger partial charge in [-0.15, -0.1) is 11.3 Å². The molecular formula is C6H8NO3S2. The first-order valence-corrected chi connectivity index (χ1v) is 5.86. The Hall–Kier alpha value is -0.460. The summed E-state index contributed by atoms with van der Waals surface area (Å²) in [5.41, 5.74) is 0. The maximum absolute atomic E-state index is 10.5. The summed E-state index contributed by atoms with van der Waals surface area (Å²) in [7, 11) is -3.36. The van der Waals surface area contributed by atoms with Crippen molar-refractivity contribution in [1.82, 2.24) is 4.98 Å². The Labute approximate surface area is 75.3 Å². The molecule has 0 aliphatic heterocycles. The van der Waals surface area contributed by atoms with Crippen LogP contribution in [0.3, 0.4) is 0 Å². The van der Waals surface area contributed by atoms with E-state index in [0.29, 0.717) is 6.42 Å². The Kier molecular flexibility index (Phi) is 3.19. The molecule has 0 aliphatic rings. The fraction of sp³-hybridized carbons (Fsp3) is 0.333. The van der Waals surface area contributed by atoms with E-state index in [0.717, 1.165) is 11.3 Å². The number of rotatable bonds is 4. The van der Waals surface area contributed by atoms with Crippen LogP contribution in [0.5, 0.6) is 0 Å². The topological polar surface area (TPSA) is 56.3 Å². The van der Waals surface area contributed by atoms with Crippen LogP contribution in [-0.2, 0) is 20.7 Å². The minimum Gasteiger partial charge on any atom is -0.264 e.